The van der Waals surface area contributed by atoms with E-state index < -0.39 is 5.56 Å². The van der Waals surface area contributed by atoms with Crippen LogP contribution in [-0.4, -0.2) is 39.5 Å². The van der Waals surface area contributed by atoms with Crippen LogP contribution in [-0.2, 0) is 24.9 Å². The highest BCUT2D eigenvalue weighted by atomic mass is 16.5. The molecule has 0 aliphatic carbocycles. The maximum Gasteiger partial charge on any atom is 0.279 e. The van der Waals surface area contributed by atoms with E-state index in [1.807, 2.05) is 35.9 Å². The second-order valence-electron chi connectivity index (χ2n) is 6.73. The summed E-state index contributed by atoms with van der Waals surface area (Å²) >= 11 is 0. The number of hydrogen-bond donors (Lipinski definition) is 1. The molecule has 0 atom stereocenters. The van der Waals surface area contributed by atoms with Crippen molar-refractivity contribution in [3.05, 3.63) is 58.8 Å². The molecule has 154 valence electrons. The molecule has 0 aliphatic heterocycles. The highest BCUT2D eigenvalue weighted by Crippen LogP contribution is 2.32. The first kappa shape index (κ1) is 19.4. The smallest absolute Gasteiger partial charge is 0.279 e. The van der Waals surface area contributed by atoms with Gasteiger partial charge in [0.15, 0.2) is 11.5 Å². The Kier molecular flexibility index (Phi) is 5.09. The number of aromatic nitrogens is 4. The Hall–Kier alpha value is -3.88. The molecule has 0 bridgehead atoms. The molecule has 4 aromatic rings. The number of aryl methyl sites for hydroxylation is 1. The number of methoxy groups -OCH3 is 2. The van der Waals surface area contributed by atoms with Crippen LogP contribution in [0.4, 0.5) is 0 Å². The predicted molar refractivity (Wildman–Crippen MR) is 112 cm³/mol. The number of nitrogens with one attached hydrogen (secondary N) is 1. The molecule has 4 rings (SSSR count). The van der Waals surface area contributed by atoms with Crippen LogP contribution in [0.3, 0.4) is 0 Å². The first-order valence-electron chi connectivity index (χ1n) is 9.31. The molecule has 0 saturated carbocycles. The Morgan fingerprint density at radius 1 is 1.13 bits per heavy atom. The van der Waals surface area contributed by atoms with Gasteiger partial charge in [0, 0.05) is 12.4 Å². The van der Waals surface area contributed by atoms with Gasteiger partial charge in [-0.05, 0) is 24.3 Å². The Morgan fingerprint density at radius 2 is 1.93 bits per heavy atom. The number of ether oxygens (including phenoxy) is 2. The van der Waals surface area contributed by atoms with Crippen LogP contribution in [0.5, 0.6) is 11.5 Å². The van der Waals surface area contributed by atoms with Gasteiger partial charge in [-0.15, -0.1) is 0 Å². The minimum absolute atomic E-state index is 0.223. The molecular formula is C21H21N5O4. The summed E-state index contributed by atoms with van der Waals surface area (Å²) in [5, 5.41) is 7.83. The molecule has 2 heterocycles. The van der Waals surface area contributed by atoms with E-state index in [0.717, 1.165) is 21.5 Å². The predicted octanol–water partition coefficient (Wildman–Crippen LogP) is 1.62. The molecule has 0 fully saturated rings. The molecule has 0 aliphatic rings. The Balaban J connectivity index is 1.56. The van der Waals surface area contributed by atoms with Gasteiger partial charge < -0.3 is 19.4 Å². The van der Waals surface area contributed by atoms with Crippen molar-refractivity contribution in [3.8, 4) is 11.5 Å². The number of benzene rings is 2. The van der Waals surface area contributed by atoms with Crippen molar-refractivity contribution in [2.24, 2.45) is 7.05 Å². The summed E-state index contributed by atoms with van der Waals surface area (Å²) in [5.41, 5.74) is 1.41. The third kappa shape index (κ3) is 3.34. The fourth-order valence-corrected chi connectivity index (χ4v) is 3.42. The number of amides is 1. The van der Waals surface area contributed by atoms with Crippen LogP contribution >= 0.6 is 0 Å². The summed E-state index contributed by atoms with van der Waals surface area (Å²) in [7, 11) is 4.86. The van der Waals surface area contributed by atoms with Crippen molar-refractivity contribution in [3.63, 3.8) is 0 Å². The lowest BCUT2D eigenvalue weighted by Gasteiger charge is -2.12. The highest BCUT2D eigenvalue weighted by molar-refractivity contribution is 5.89. The number of carbonyl (C=O) groups excluding carboxylic acids is 1. The van der Waals surface area contributed by atoms with Crippen molar-refractivity contribution in [1.29, 1.82) is 0 Å². The van der Waals surface area contributed by atoms with E-state index in [4.69, 9.17) is 9.47 Å². The SMILES string of the molecule is COc1ccc2cnn(CC(=O)NCc3nc4ccccc4n3C)c(=O)c2c1OC. The Bertz CT molecular complexity index is 1310. The van der Waals surface area contributed by atoms with Crippen LogP contribution in [0.15, 0.2) is 47.4 Å². The lowest BCUT2D eigenvalue weighted by Crippen LogP contribution is -2.34. The number of imidazole rings is 1. The zero-order valence-corrected chi connectivity index (χ0v) is 16.9. The molecule has 30 heavy (non-hydrogen) atoms. The number of carbonyl (C=O) groups is 1. The second kappa shape index (κ2) is 7.86. The van der Waals surface area contributed by atoms with Gasteiger partial charge in [0.05, 0.1) is 43.4 Å². The lowest BCUT2D eigenvalue weighted by molar-refractivity contribution is -0.122. The average Bonchev–Trinajstić information content (AvgIpc) is 3.09. The van der Waals surface area contributed by atoms with Crippen molar-refractivity contribution in [2.75, 3.05) is 14.2 Å². The molecule has 0 unspecified atom stereocenters. The quantitative estimate of drug-likeness (QED) is 0.521. The molecule has 0 saturated heterocycles. The Labute approximate surface area is 171 Å². The summed E-state index contributed by atoms with van der Waals surface area (Å²) in [6.45, 7) is 0.0164. The van der Waals surface area contributed by atoms with E-state index in [0.29, 0.717) is 22.3 Å². The number of para-hydroxylation sites is 2. The van der Waals surface area contributed by atoms with E-state index in [9.17, 15) is 9.59 Å². The summed E-state index contributed by atoms with van der Waals surface area (Å²) in [4.78, 5) is 29.9. The maximum atomic E-state index is 12.9. The van der Waals surface area contributed by atoms with Gasteiger partial charge in [0.1, 0.15) is 12.4 Å². The first-order chi connectivity index (χ1) is 14.5. The van der Waals surface area contributed by atoms with Crippen molar-refractivity contribution in [2.45, 2.75) is 13.1 Å². The molecule has 2 aromatic carbocycles. The van der Waals surface area contributed by atoms with Crippen LogP contribution in [0.2, 0.25) is 0 Å². The van der Waals surface area contributed by atoms with Gasteiger partial charge in [-0.2, -0.15) is 5.10 Å². The number of hydrogen-bond acceptors (Lipinski definition) is 6. The lowest BCUT2D eigenvalue weighted by atomic mass is 10.1. The van der Waals surface area contributed by atoms with E-state index in [1.54, 1.807) is 12.1 Å². The molecule has 9 nitrogen and oxygen atoms in total. The third-order valence-electron chi connectivity index (χ3n) is 4.98. The molecule has 1 amide bonds. The molecule has 1 N–H and O–H groups in total. The number of rotatable bonds is 6. The zero-order chi connectivity index (χ0) is 21.3. The molecule has 9 heteroatoms. The highest BCUT2D eigenvalue weighted by Gasteiger charge is 2.16. The van der Waals surface area contributed by atoms with Gasteiger partial charge >= 0.3 is 0 Å². The van der Waals surface area contributed by atoms with Crippen LogP contribution in [0.1, 0.15) is 5.82 Å². The van der Waals surface area contributed by atoms with E-state index >= 15 is 0 Å². The van der Waals surface area contributed by atoms with Gasteiger partial charge in [-0.3, -0.25) is 9.59 Å². The van der Waals surface area contributed by atoms with Gasteiger partial charge in [-0.25, -0.2) is 9.67 Å². The van der Waals surface area contributed by atoms with E-state index in [-0.39, 0.29) is 19.0 Å². The minimum atomic E-state index is -0.430. The number of nitrogens with zero attached hydrogens (tertiary/aromatic N) is 4. The second-order valence-corrected chi connectivity index (χ2v) is 6.73. The fraction of sp³-hybridized carbons (Fsp3) is 0.238. The maximum absolute atomic E-state index is 12.9. The monoisotopic (exact) mass is 407 g/mol. The Morgan fingerprint density at radius 3 is 2.67 bits per heavy atom. The first-order valence-corrected chi connectivity index (χ1v) is 9.31. The third-order valence-corrected chi connectivity index (χ3v) is 4.98. The molecular weight excluding hydrogens is 386 g/mol. The van der Waals surface area contributed by atoms with Crippen molar-refractivity contribution >= 4 is 27.7 Å². The topological polar surface area (TPSA) is 100 Å². The average molecular weight is 407 g/mol. The van der Waals surface area contributed by atoms with Crippen LogP contribution in [0.25, 0.3) is 21.8 Å². The minimum Gasteiger partial charge on any atom is -0.493 e. The van der Waals surface area contributed by atoms with Crippen LogP contribution in [0, 0.1) is 0 Å². The molecule has 0 spiro atoms. The summed E-state index contributed by atoms with van der Waals surface area (Å²) < 4.78 is 13.7. The van der Waals surface area contributed by atoms with Gasteiger partial charge in [-0.1, -0.05) is 12.1 Å². The van der Waals surface area contributed by atoms with Gasteiger partial charge in [0.25, 0.3) is 5.56 Å². The van der Waals surface area contributed by atoms with Gasteiger partial charge in [0.2, 0.25) is 5.91 Å². The summed E-state index contributed by atoms with van der Waals surface area (Å²) in [6, 6.07) is 11.2. The standard InChI is InChI=1S/C21H21N5O4/c1-25-15-7-5-4-6-14(15)24-17(25)11-22-18(27)12-26-21(28)19-13(10-23-26)8-9-16(29-2)20(19)30-3/h4-10H,11-12H2,1-3H3,(H,22,27). The summed E-state index contributed by atoms with van der Waals surface area (Å²) in [5.74, 6) is 1.12. The largest absolute Gasteiger partial charge is 0.493 e. The number of fused-ring (bicyclic) bond motifs is 2. The zero-order valence-electron chi connectivity index (χ0n) is 16.9. The summed E-state index contributed by atoms with van der Waals surface area (Å²) in [6.07, 6.45) is 1.53. The normalized spacial score (nSPS) is 11.0. The van der Waals surface area contributed by atoms with E-state index in [1.165, 1.54) is 20.4 Å². The van der Waals surface area contributed by atoms with E-state index in [2.05, 4.69) is 15.4 Å². The van der Waals surface area contributed by atoms with Crippen molar-refractivity contribution < 1.29 is 14.3 Å². The van der Waals surface area contributed by atoms with Crippen molar-refractivity contribution in [1.82, 2.24) is 24.6 Å². The fourth-order valence-electron chi connectivity index (χ4n) is 3.42. The molecule has 0 radical (unpaired) electrons. The van der Waals surface area contributed by atoms with Crippen LogP contribution < -0.4 is 20.3 Å². The molecule has 2 aromatic heterocycles.